The topological polar surface area (TPSA) is 24.4 Å². The molecule has 0 heterocycles. The van der Waals surface area contributed by atoms with Crippen LogP contribution in [0.5, 0.6) is 0 Å². The minimum atomic E-state index is 0.0787. The highest BCUT2D eigenvalue weighted by Crippen LogP contribution is 2.14. The Morgan fingerprint density at radius 2 is 1.82 bits per heavy atom. The molecule has 0 amide bonds. The molecule has 0 bridgehead atoms. The second-order valence-electron chi connectivity index (χ2n) is 5.14. The molecule has 17 heavy (non-hydrogen) atoms. The predicted molar refractivity (Wildman–Crippen MR) is 78.4 cm³/mol. The van der Waals surface area contributed by atoms with Gasteiger partial charge in [0.25, 0.3) is 0 Å². The van der Waals surface area contributed by atoms with Crippen molar-refractivity contribution in [3.8, 4) is 0 Å². The zero-order valence-corrected chi connectivity index (χ0v) is 11.8. The summed E-state index contributed by atoms with van der Waals surface area (Å²) in [5.74, 6) is 0. The largest absolute Gasteiger partial charge is 0.271 e. The Morgan fingerprint density at radius 3 is 2.35 bits per heavy atom. The van der Waals surface area contributed by atoms with E-state index in [1.54, 1.807) is 0 Å². The number of benzene rings is 1. The van der Waals surface area contributed by atoms with Crippen molar-refractivity contribution >= 4 is 22.9 Å². The molecule has 2 nitrogen and oxygen atoms in total. The molecular formula is C14H20N2S. The van der Waals surface area contributed by atoms with Gasteiger partial charge in [-0.15, -0.1) is 0 Å². The SMILES string of the molecule is C/C(=N\NC(=S)Cc1ccccc1)C(C)(C)C. The van der Waals surface area contributed by atoms with Crippen molar-refractivity contribution in [3.05, 3.63) is 35.9 Å². The molecule has 0 saturated carbocycles. The fourth-order valence-electron chi connectivity index (χ4n) is 1.13. The number of rotatable bonds is 3. The van der Waals surface area contributed by atoms with Gasteiger partial charge in [0.15, 0.2) is 0 Å². The molecule has 1 N–H and O–H groups in total. The highest BCUT2D eigenvalue weighted by Gasteiger charge is 2.14. The molecule has 0 atom stereocenters. The number of hydrazone groups is 1. The minimum absolute atomic E-state index is 0.0787. The van der Waals surface area contributed by atoms with E-state index in [0.29, 0.717) is 0 Å². The van der Waals surface area contributed by atoms with Crippen LogP contribution in [0.1, 0.15) is 33.3 Å². The predicted octanol–water partition coefficient (Wildman–Crippen LogP) is 3.57. The van der Waals surface area contributed by atoms with Gasteiger partial charge in [0.2, 0.25) is 0 Å². The monoisotopic (exact) mass is 248 g/mol. The van der Waals surface area contributed by atoms with E-state index in [0.717, 1.165) is 17.1 Å². The maximum absolute atomic E-state index is 5.26. The average molecular weight is 248 g/mol. The van der Waals surface area contributed by atoms with Gasteiger partial charge in [0, 0.05) is 17.5 Å². The lowest BCUT2D eigenvalue weighted by atomic mass is 9.91. The van der Waals surface area contributed by atoms with Gasteiger partial charge >= 0.3 is 0 Å². The van der Waals surface area contributed by atoms with E-state index in [4.69, 9.17) is 12.2 Å². The number of hydrogen-bond donors (Lipinski definition) is 1. The minimum Gasteiger partial charge on any atom is -0.271 e. The van der Waals surface area contributed by atoms with Crippen molar-refractivity contribution < 1.29 is 0 Å². The third kappa shape index (κ3) is 5.09. The molecule has 1 aromatic rings. The van der Waals surface area contributed by atoms with Crippen molar-refractivity contribution in [2.75, 3.05) is 0 Å². The third-order valence-corrected chi connectivity index (χ3v) is 2.88. The van der Waals surface area contributed by atoms with Crippen LogP contribution in [-0.2, 0) is 6.42 Å². The number of nitrogens with one attached hydrogen (secondary N) is 1. The van der Waals surface area contributed by atoms with Crippen molar-refractivity contribution in [2.45, 2.75) is 34.1 Å². The standard InChI is InChI=1S/C14H20N2S/c1-11(14(2,3)4)15-16-13(17)10-12-8-6-5-7-9-12/h5-9H,10H2,1-4H3,(H,16,17)/b15-11+. The van der Waals surface area contributed by atoms with Gasteiger partial charge in [-0.1, -0.05) is 63.3 Å². The molecule has 0 fully saturated rings. The van der Waals surface area contributed by atoms with Crippen LogP contribution in [0.25, 0.3) is 0 Å². The van der Waals surface area contributed by atoms with Gasteiger partial charge in [-0.25, -0.2) is 0 Å². The normalized spacial score (nSPS) is 12.4. The van der Waals surface area contributed by atoms with Gasteiger partial charge in [-0.05, 0) is 12.5 Å². The molecule has 0 unspecified atom stereocenters. The molecule has 0 aromatic heterocycles. The van der Waals surface area contributed by atoms with Crippen molar-refractivity contribution in [1.82, 2.24) is 5.43 Å². The molecule has 0 spiro atoms. The first-order valence-corrected chi connectivity index (χ1v) is 6.18. The average Bonchev–Trinajstić information content (AvgIpc) is 2.26. The van der Waals surface area contributed by atoms with Crippen LogP contribution in [0.15, 0.2) is 35.4 Å². The maximum Gasteiger partial charge on any atom is 0.100 e. The first kappa shape index (κ1) is 13.8. The first-order valence-electron chi connectivity index (χ1n) is 5.77. The summed E-state index contributed by atoms with van der Waals surface area (Å²) in [7, 11) is 0. The van der Waals surface area contributed by atoms with Crippen LogP contribution in [0.4, 0.5) is 0 Å². The Balaban J connectivity index is 2.52. The quantitative estimate of drug-likeness (QED) is 0.502. The molecule has 0 aliphatic carbocycles. The summed E-state index contributed by atoms with van der Waals surface area (Å²) in [6.07, 6.45) is 0.733. The molecule has 0 saturated heterocycles. The lowest BCUT2D eigenvalue weighted by Gasteiger charge is -2.17. The zero-order valence-electron chi connectivity index (χ0n) is 10.9. The van der Waals surface area contributed by atoms with E-state index in [2.05, 4.69) is 43.4 Å². The van der Waals surface area contributed by atoms with Crippen molar-refractivity contribution in [3.63, 3.8) is 0 Å². The van der Waals surface area contributed by atoms with Gasteiger partial charge in [-0.2, -0.15) is 5.10 Å². The van der Waals surface area contributed by atoms with E-state index in [1.165, 1.54) is 5.56 Å². The summed E-state index contributed by atoms with van der Waals surface area (Å²) in [5, 5.41) is 4.32. The number of hydrogen-bond acceptors (Lipinski definition) is 2. The number of thiocarbonyl (C=S) groups is 1. The lowest BCUT2D eigenvalue weighted by Crippen LogP contribution is -2.24. The van der Waals surface area contributed by atoms with Crippen LogP contribution in [-0.4, -0.2) is 10.7 Å². The molecule has 1 aromatic carbocycles. The highest BCUT2D eigenvalue weighted by molar-refractivity contribution is 7.80. The molecule has 0 radical (unpaired) electrons. The lowest BCUT2D eigenvalue weighted by molar-refractivity contribution is 0.583. The maximum atomic E-state index is 5.26. The van der Waals surface area contributed by atoms with Crippen LogP contribution in [0, 0.1) is 5.41 Å². The van der Waals surface area contributed by atoms with E-state index in [9.17, 15) is 0 Å². The summed E-state index contributed by atoms with van der Waals surface area (Å²) in [5.41, 5.74) is 5.29. The van der Waals surface area contributed by atoms with Gasteiger partial charge in [0.05, 0.1) is 0 Å². The van der Waals surface area contributed by atoms with E-state index in [-0.39, 0.29) is 5.41 Å². The van der Waals surface area contributed by atoms with E-state index < -0.39 is 0 Å². The Hall–Kier alpha value is -1.22. The Bertz CT molecular complexity index is 402. The Kier molecular flexibility index (Phi) is 4.82. The first-order chi connectivity index (χ1) is 7.89. The molecular weight excluding hydrogens is 228 g/mol. The van der Waals surface area contributed by atoms with Crippen LogP contribution >= 0.6 is 12.2 Å². The number of nitrogens with zero attached hydrogens (tertiary/aromatic N) is 1. The van der Waals surface area contributed by atoms with Gasteiger partial charge < -0.3 is 0 Å². The van der Waals surface area contributed by atoms with Crippen LogP contribution in [0.2, 0.25) is 0 Å². The fraction of sp³-hybridized carbons (Fsp3) is 0.429. The molecule has 0 aliphatic rings. The summed E-state index contributed by atoms with van der Waals surface area (Å²) in [6.45, 7) is 8.41. The Labute approximate surface area is 109 Å². The van der Waals surface area contributed by atoms with Gasteiger partial charge in [-0.3, -0.25) is 5.43 Å². The molecule has 0 aliphatic heterocycles. The van der Waals surface area contributed by atoms with Crippen molar-refractivity contribution in [1.29, 1.82) is 0 Å². The van der Waals surface area contributed by atoms with E-state index in [1.807, 2.05) is 25.1 Å². The molecule has 3 heteroatoms. The molecule has 92 valence electrons. The second kappa shape index (κ2) is 5.92. The third-order valence-electron chi connectivity index (χ3n) is 2.64. The second-order valence-corrected chi connectivity index (χ2v) is 5.64. The fourth-order valence-corrected chi connectivity index (χ4v) is 1.35. The summed E-state index contributed by atoms with van der Waals surface area (Å²) in [4.78, 5) is 0.750. The summed E-state index contributed by atoms with van der Waals surface area (Å²) >= 11 is 5.26. The van der Waals surface area contributed by atoms with Gasteiger partial charge in [0.1, 0.15) is 4.99 Å². The van der Waals surface area contributed by atoms with Crippen LogP contribution in [0.3, 0.4) is 0 Å². The molecule has 1 rings (SSSR count). The van der Waals surface area contributed by atoms with Crippen molar-refractivity contribution in [2.24, 2.45) is 10.5 Å². The Morgan fingerprint density at radius 1 is 1.24 bits per heavy atom. The summed E-state index contributed by atoms with van der Waals surface area (Å²) in [6, 6.07) is 10.2. The van der Waals surface area contributed by atoms with Crippen LogP contribution < -0.4 is 5.43 Å². The smallest absolute Gasteiger partial charge is 0.100 e. The zero-order chi connectivity index (χ0) is 12.9. The van der Waals surface area contributed by atoms with E-state index >= 15 is 0 Å². The summed E-state index contributed by atoms with van der Waals surface area (Å²) < 4.78 is 0. The highest BCUT2D eigenvalue weighted by atomic mass is 32.1.